The second-order valence-corrected chi connectivity index (χ2v) is 8.18. The van der Waals surface area contributed by atoms with Gasteiger partial charge >= 0.3 is 0 Å². The number of aromatic nitrogens is 4. The summed E-state index contributed by atoms with van der Waals surface area (Å²) in [6.07, 6.45) is 8.03. The van der Waals surface area contributed by atoms with Crippen molar-refractivity contribution < 1.29 is 0 Å². The van der Waals surface area contributed by atoms with Crippen LogP contribution in [0.3, 0.4) is 0 Å². The number of likely N-dealkylation sites (tertiary alicyclic amines) is 1. The summed E-state index contributed by atoms with van der Waals surface area (Å²) < 4.78 is 4.54. The third kappa shape index (κ3) is 4.35. The Morgan fingerprint density at radius 1 is 1.30 bits per heavy atom. The van der Waals surface area contributed by atoms with Gasteiger partial charge in [0.05, 0.1) is 23.4 Å². The third-order valence-corrected chi connectivity index (χ3v) is 6.11. The van der Waals surface area contributed by atoms with Crippen LogP contribution in [0, 0.1) is 12.8 Å². The Hall–Kier alpha value is -2.83. The Kier molecular flexibility index (Phi) is 6.35. The van der Waals surface area contributed by atoms with Crippen LogP contribution in [0.2, 0.25) is 0 Å². The Morgan fingerprint density at radius 2 is 2.17 bits per heavy atom. The minimum atomic E-state index is 0.435. The summed E-state index contributed by atoms with van der Waals surface area (Å²) in [5, 5.41) is 3.50. The van der Waals surface area contributed by atoms with Crippen molar-refractivity contribution in [2.75, 3.05) is 26.2 Å². The van der Waals surface area contributed by atoms with E-state index in [-0.39, 0.29) is 0 Å². The smallest absolute Gasteiger partial charge is 0.193 e. The number of hydrogen-bond donors (Lipinski definition) is 1. The average molecular weight is 408 g/mol. The molecule has 0 bridgehead atoms. The maximum Gasteiger partial charge on any atom is 0.193 e. The fourth-order valence-corrected chi connectivity index (χ4v) is 4.41. The van der Waals surface area contributed by atoms with Crippen molar-refractivity contribution in [1.82, 2.24) is 29.3 Å². The summed E-state index contributed by atoms with van der Waals surface area (Å²) in [4.78, 5) is 16.3. The highest BCUT2D eigenvalue weighted by molar-refractivity contribution is 5.80. The van der Waals surface area contributed by atoms with Crippen LogP contribution in [0.4, 0.5) is 0 Å². The molecule has 1 aromatic carbocycles. The fourth-order valence-electron chi connectivity index (χ4n) is 4.41. The van der Waals surface area contributed by atoms with Gasteiger partial charge in [-0.1, -0.05) is 19.1 Å². The highest BCUT2D eigenvalue weighted by atomic mass is 15.3. The lowest BCUT2D eigenvalue weighted by Crippen LogP contribution is -2.49. The second kappa shape index (κ2) is 9.32. The molecule has 7 nitrogen and oxygen atoms in total. The standard InChI is InChI=1S/C23H33N7/c1-4-25-23(28-14-10-18(2)22(16-28)29-15-12-24-17-29)26-11-7-13-30-19(3)27-20-8-5-6-9-21(20)30/h5-6,8-9,12,15,17-18,22H,4,7,10-11,13-14,16H2,1-3H3,(H,25,26). The number of guanidine groups is 1. The second-order valence-electron chi connectivity index (χ2n) is 8.18. The van der Waals surface area contributed by atoms with Crippen LogP contribution in [0.5, 0.6) is 0 Å². The predicted molar refractivity (Wildman–Crippen MR) is 122 cm³/mol. The van der Waals surface area contributed by atoms with Gasteiger partial charge in [-0.25, -0.2) is 9.97 Å². The number of hydrogen-bond acceptors (Lipinski definition) is 3. The number of benzene rings is 1. The molecule has 0 aliphatic carbocycles. The van der Waals surface area contributed by atoms with E-state index in [2.05, 4.69) is 74.5 Å². The lowest BCUT2D eigenvalue weighted by molar-refractivity contribution is 0.189. The molecular weight excluding hydrogens is 374 g/mol. The van der Waals surface area contributed by atoms with Gasteiger partial charge < -0.3 is 19.4 Å². The first-order chi connectivity index (χ1) is 14.7. The molecule has 0 radical (unpaired) electrons. The number of fused-ring (bicyclic) bond motifs is 1. The highest BCUT2D eigenvalue weighted by Crippen LogP contribution is 2.27. The van der Waals surface area contributed by atoms with Crippen molar-refractivity contribution in [2.24, 2.45) is 10.9 Å². The summed E-state index contributed by atoms with van der Waals surface area (Å²) in [5.41, 5.74) is 2.28. The summed E-state index contributed by atoms with van der Waals surface area (Å²) in [5.74, 6) is 2.73. The summed E-state index contributed by atoms with van der Waals surface area (Å²) in [6.45, 7) is 11.2. The minimum absolute atomic E-state index is 0.435. The van der Waals surface area contributed by atoms with E-state index in [1.165, 1.54) is 5.52 Å². The molecule has 0 saturated carbocycles. The van der Waals surface area contributed by atoms with Gasteiger partial charge in [-0.05, 0) is 44.7 Å². The first kappa shape index (κ1) is 20.4. The molecule has 1 saturated heterocycles. The SMILES string of the molecule is CCNC(=NCCCn1c(C)nc2ccccc21)N1CCC(C)C(n2ccnc2)C1. The van der Waals surface area contributed by atoms with E-state index in [1.807, 2.05) is 18.6 Å². The van der Waals surface area contributed by atoms with E-state index in [4.69, 9.17) is 4.99 Å². The summed E-state index contributed by atoms with van der Waals surface area (Å²) >= 11 is 0. The zero-order chi connectivity index (χ0) is 20.9. The Balaban J connectivity index is 1.40. The van der Waals surface area contributed by atoms with Crippen molar-refractivity contribution in [3.8, 4) is 0 Å². The molecule has 3 aromatic rings. The van der Waals surface area contributed by atoms with Crippen LogP contribution >= 0.6 is 0 Å². The predicted octanol–water partition coefficient (Wildman–Crippen LogP) is 3.48. The van der Waals surface area contributed by atoms with E-state index < -0.39 is 0 Å². The van der Waals surface area contributed by atoms with Gasteiger partial charge in [-0.15, -0.1) is 0 Å². The Bertz CT molecular complexity index is 973. The molecule has 4 rings (SSSR count). The van der Waals surface area contributed by atoms with Crippen LogP contribution in [0.25, 0.3) is 11.0 Å². The normalized spacial score (nSPS) is 20.1. The molecular formula is C23H33N7. The molecule has 0 spiro atoms. The lowest BCUT2D eigenvalue weighted by atomic mass is 9.93. The van der Waals surface area contributed by atoms with Crippen LogP contribution in [-0.4, -0.2) is 56.1 Å². The molecule has 1 N–H and O–H groups in total. The molecule has 1 aliphatic heterocycles. The van der Waals surface area contributed by atoms with Gasteiger partial charge in [-0.3, -0.25) is 4.99 Å². The van der Waals surface area contributed by atoms with Gasteiger partial charge in [0.2, 0.25) is 0 Å². The Morgan fingerprint density at radius 3 is 2.97 bits per heavy atom. The number of aryl methyl sites for hydroxylation is 2. The fraction of sp³-hybridized carbons (Fsp3) is 0.522. The van der Waals surface area contributed by atoms with Gasteiger partial charge in [0.1, 0.15) is 5.82 Å². The number of aliphatic imine (C=N–C) groups is 1. The number of para-hydroxylation sites is 2. The Labute approximate surface area is 178 Å². The van der Waals surface area contributed by atoms with E-state index in [0.717, 1.165) is 62.9 Å². The maximum atomic E-state index is 4.96. The summed E-state index contributed by atoms with van der Waals surface area (Å²) in [6, 6.07) is 8.78. The minimum Gasteiger partial charge on any atom is -0.357 e. The van der Waals surface area contributed by atoms with Crippen molar-refractivity contribution >= 4 is 17.0 Å². The van der Waals surface area contributed by atoms with Gasteiger partial charge in [0, 0.05) is 45.1 Å². The first-order valence-corrected chi connectivity index (χ1v) is 11.1. The van der Waals surface area contributed by atoms with Crippen LogP contribution in [0.15, 0.2) is 48.0 Å². The van der Waals surface area contributed by atoms with Crippen molar-refractivity contribution in [3.63, 3.8) is 0 Å². The molecule has 2 unspecified atom stereocenters. The van der Waals surface area contributed by atoms with Crippen LogP contribution < -0.4 is 5.32 Å². The van der Waals surface area contributed by atoms with Crippen molar-refractivity contribution in [3.05, 3.63) is 48.8 Å². The molecule has 1 fully saturated rings. The third-order valence-electron chi connectivity index (χ3n) is 6.11. The number of nitrogens with zero attached hydrogens (tertiary/aromatic N) is 6. The molecule has 1 aliphatic rings. The molecule has 30 heavy (non-hydrogen) atoms. The topological polar surface area (TPSA) is 63.3 Å². The zero-order valence-corrected chi connectivity index (χ0v) is 18.3. The monoisotopic (exact) mass is 407 g/mol. The van der Waals surface area contributed by atoms with Crippen molar-refractivity contribution in [1.29, 1.82) is 0 Å². The van der Waals surface area contributed by atoms with Crippen molar-refractivity contribution in [2.45, 2.75) is 46.2 Å². The van der Waals surface area contributed by atoms with Crippen LogP contribution in [0.1, 0.15) is 38.6 Å². The zero-order valence-electron chi connectivity index (χ0n) is 18.3. The highest BCUT2D eigenvalue weighted by Gasteiger charge is 2.28. The van der Waals surface area contributed by atoms with Gasteiger partial charge in [0.15, 0.2) is 5.96 Å². The quantitative estimate of drug-likeness (QED) is 0.386. The molecule has 160 valence electrons. The molecule has 3 heterocycles. The lowest BCUT2D eigenvalue weighted by Gasteiger charge is -2.39. The number of rotatable bonds is 6. The van der Waals surface area contributed by atoms with E-state index in [1.54, 1.807) is 0 Å². The average Bonchev–Trinajstić information content (AvgIpc) is 3.39. The maximum absolute atomic E-state index is 4.96. The number of imidazole rings is 2. The largest absolute Gasteiger partial charge is 0.357 e. The number of nitrogens with one attached hydrogen (secondary N) is 1. The van der Waals surface area contributed by atoms with E-state index >= 15 is 0 Å². The summed E-state index contributed by atoms with van der Waals surface area (Å²) in [7, 11) is 0. The van der Waals surface area contributed by atoms with Gasteiger partial charge in [0.25, 0.3) is 0 Å². The molecule has 7 heteroatoms. The van der Waals surface area contributed by atoms with E-state index in [0.29, 0.717) is 12.0 Å². The molecule has 2 atom stereocenters. The first-order valence-electron chi connectivity index (χ1n) is 11.1. The molecule has 2 aromatic heterocycles. The van der Waals surface area contributed by atoms with E-state index in [9.17, 15) is 0 Å². The van der Waals surface area contributed by atoms with Gasteiger partial charge in [-0.2, -0.15) is 0 Å². The number of piperidine rings is 1. The van der Waals surface area contributed by atoms with Crippen LogP contribution in [-0.2, 0) is 6.54 Å². The molecule has 0 amide bonds.